The molecular formula is C7H14O. The van der Waals surface area contributed by atoms with Gasteiger partial charge in [-0.3, -0.25) is 0 Å². The first-order chi connectivity index (χ1) is 3.77. The molecule has 0 spiro atoms. The Labute approximate surface area is 52.0 Å². The van der Waals surface area contributed by atoms with Crippen molar-refractivity contribution in [2.24, 2.45) is 5.92 Å². The summed E-state index contributed by atoms with van der Waals surface area (Å²) in [6.07, 6.45) is 2.28. The molecule has 1 nitrogen and oxygen atoms in total. The Morgan fingerprint density at radius 2 is 2.12 bits per heavy atom. The van der Waals surface area contributed by atoms with Crippen LogP contribution in [-0.4, -0.2) is 6.61 Å². The molecule has 0 fully saturated rings. The summed E-state index contributed by atoms with van der Waals surface area (Å²) in [5, 5.41) is 0. The smallest absolute Gasteiger partial charge is 0.115 e. The molecular weight excluding hydrogens is 100 g/mol. The van der Waals surface area contributed by atoms with Gasteiger partial charge in [-0.05, 0) is 18.8 Å². The van der Waals surface area contributed by atoms with Crippen LogP contribution in [0.25, 0.3) is 0 Å². The highest BCUT2D eigenvalue weighted by molar-refractivity contribution is 4.43. The Bertz CT molecular complexity index is 41.7. The first-order valence-corrected chi connectivity index (χ1v) is 3.09. The van der Waals surface area contributed by atoms with E-state index in [1.807, 2.05) is 0 Å². The SMILES string of the molecule is [CH]OCCCC(C)C. The van der Waals surface area contributed by atoms with Gasteiger partial charge in [-0.15, -0.1) is 0 Å². The van der Waals surface area contributed by atoms with E-state index in [0.717, 1.165) is 12.3 Å². The number of hydrogen-bond acceptors (Lipinski definition) is 1. The summed E-state index contributed by atoms with van der Waals surface area (Å²) >= 11 is 0. The first-order valence-electron chi connectivity index (χ1n) is 3.09. The Morgan fingerprint density at radius 1 is 1.50 bits per heavy atom. The summed E-state index contributed by atoms with van der Waals surface area (Å²) in [6, 6.07) is 0. The van der Waals surface area contributed by atoms with Crippen molar-refractivity contribution < 1.29 is 4.74 Å². The van der Waals surface area contributed by atoms with Crippen LogP contribution < -0.4 is 0 Å². The topological polar surface area (TPSA) is 9.23 Å². The third-order valence-corrected chi connectivity index (χ3v) is 1.04. The minimum absolute atomic E-state index is 0.693. The molecule has 0 bridgehead atoms. The quantitative estimate of drug-likeness (QED) is 0.508. The first kappa shape index (κ1) is 7.96. The van der Waals surface area contributed by atoms with E-state index in [1.165, 1.54) is 6.42 Å². The summed E-state index contributed by atoms with van der Waals surface area (Å²) in [6.45, 7) is 5.07. The van der Waals surface area contributed by atoms with Gasteiger partial charge in [-0.1, -0.05) is 13.8 Å². The fourth-order valence-electron chi connectivity index (χ4n) is 0.575. The molecule has 0 heterocycles. The van der Waals surface area contributed by atoms with Gasteiger partial charge in [0.2, 0.25) is 0 Å². The zero-order valence-corrected chi connectivity index (χ0v) is 5.68. The van der Waals surface area contributed by atoms with E-state index >= 15 is 0 Å². The summed E-state index contributed by atoms with van der Waals surface area (Å²) < 4.78 is 4.39. The highest BCUT2D eigenvalue weighted by atomic mass is 16.5. The Kier molecular flexibility index (Phi) is 5.08. The molecule has 8 heavy (non-hydrogen) atoms. The maximum absolute atomic E-state index is 4.81. The average Bonchev–Trinajstić information content (AvgIpc) is 1.66. The zero-order chi connectivity index (χ0) is 6.41. The van der Waals surface area contributed by atoms with Gasteiger partial charge < -0.3 is 4.74 Å². The summed E-state index contributed by atoms with van der Waals surface area (Å²) in [7, 11) is 4.81. The maximum atomic E-state index is 4.81. The van der Waals surface area contributed by atoms with Crippen LogP contribution in [0.15, 0.2) is 0 Å². The van der Waals surface area contributed by atoms with Gasteiger partial charge in [0.1, 0.15) is 7.11 Å². The van der Waals surface area contributed by atoms with Crippen LogP contribution >= 0.6 is 0 Å². The average molecular weight is 114 g/mol. The van der Waals surface area contributed by atoms with Crippen molar-refractivity contribution in [2.75, 3.05) is 6.61 Å². The molecule has 0 unspecified atom stereocenters. The van der Waals surface area contributed by atoms with Crippen LogP contribution in [0.1, 0.15) is 26.7 Å². The van der Waals surface area contributed by atoms with Crippen molar-refractivity contribution in [1.29, 1.82) is 0 Å². The molecule has 1 heteroatoms. The zero-order valence-electron chi connectivity index (χ0n) is 5.68. The summed E-state index contributed by atoms with van der Waals surface area (Å²) in [4.78, 5) is 0. The second-order valence-electron chi connectivity index (χ2n) is 2.41. The molecule has 0 aliphatic rings. The second kappa shape index (κ2) is 5.10. The normalized spacial score (nSPS) is 10.5. The molecule has 48 valence electrons. The van der Waals surface area contributed by atoms with Crippen LogP contribution in [0.4, 0.5) is 0 Å². The van der Waals surface area contributed by atoms with Crippen molar-refractivity contribution in [2.45, 2.75) is 26.7 Å². The Morgan fingerprint density at radius 3 is 2.50 bits per heavy atom. The lowest BCUT2D eigenvalue weighted by atomic mass is 10.1. The predicted molar refractivity (Wildman–Crippen MR) is 34.3 cm³/mol. The second-order valence-corrected chi connectivity index (χ2v) is 2.41. The molecule has 0 N–H and O–H groups in total. The van der Waals surface area contributed by atoms with Gasteiger partial charge in [0.25, 0.3) is 0 Å². The highest BCUT2D eigenvalue weighted by Crippen LogP contribution is 2.02. The summed E-state index contributed by atoms with van der Waals surface area (Å²) in [5.41, 5.74) is 0. The predicted octanol–water partition coefficient (Wildman–Crippen LogP) is 2.11. The lowest BCUT2D eigenvalue weighted by Crippen LogP contribution is -1.91. The number of rotatable bonds is 4. The third kappa shape index (κ3) is 5.96. The van der Waals surface area contributed by atoms with E-state index < -0.39 is 0 Å². The van der Waals surface area contributed by atoms with E-state index in [4.69, 9.17) is 7.11 Å². The molecule has 0 amide bonds. The van der Waals surface area contributed by atoms with Crippen molar-refractivity contribution in [3.63, 3.8) is 0 Å². The van der Waals surface area contributed by atoms with Gasteiger partial charge in [0, 0.05) is 6.61 Å². The van der Waals surface area contributed by atoms with Crippen molar-refractivity contribution in [3.8, 4) is 0 Å². The molecule has 0 aromatic carbocycles. The van der Waals surface area contributed by atoms with Gasteiger partial charge in [0.05, 0.1) is 0 Å². The Hall–Kier alpha value is -0.0400. The van der Waals surface area contributed by atoms with Gasteiger partial charge >= 0.3 is 0 Å². The van der Waals surface area contributed by atoms with Crippen LogP contribution in [0, 0.1) is 13.0 Å². The lowest BCUT2D eigenvalue weighted by molar-refractivity contribution is 0.229. The maximum Gasteiger partial charge on any atom is 0.115 e. The third-order valence-electron chi connectivity index (χ3n) is 1.04. The van der Waals surface area contributed by atoms with E-state index in [1.54, 1.807) is 0 Å². The molecule has 0 atom stereocenters. The van der Waals surface area contributed by atoms with E-state index in [2.05, 4.69) is 18.6 Å². The Balaban J connectivity index is 2.72. The summed E-state index contributed by atoms with van der Waals surface area (Å²) in [5.74, 6) is 0.769. The van der Waals surface area contributed by atoms with Crippen molar-refractivity contribution in [3.05, 3.63) is 7.11 Å². The van der Waals surface area contributed by atoms with E-state index in [0.29, 0.717) is 6.61 Å². The molecule has 0 aliphatic carbocycles. The number of ether oxygens (including phenoxy) is 1. The van der Waals surface area contributed by atoms with Crippen LogP contribution in [0.3, 0.4) is 0 Å². The fraction of sp³-hybridized carbons (Fsp3) is 0.857. The van der Waals surface area contributed by atoms with Crippen LogP contribution in [-0.2, 0) is 4.74 Å². The molecule has 0 aromatic heterocycles. The molecule has 0 rings (SSSR count). The van der Waals surface area contributed by atoms with Crippen LogP contribution in [0.2, 0.25) is 0 Å². The largest absolute Gasteiger partial charge is 0.373 e. The highest BCUT2D eigenvalue weighted by Gasteiger charge is 1.91. The fourth-order valence-corrected chi connectivity index (χ4v) is 0.575. The number of hydrogen-bond donors (Lipinski definition) is 0. The van der Waals surface area contributed by atoms with Crippen LogP contribution in [0.5, 0.6) is 0 Å². The van der Waals surface area contributed by atoms with Gasteiger partial charge in [-0.25, -0.2) is 0 Å². The monoisotopic (exact) mass is 114 g/mol. The van der Waals surface area contributed by atoms with Crippen molar-refractivity contribution >= 4 is 0 Å². The standard InChI is InChI=1S/C7H14O/c1-7(2)5-4-6-8-3/h3,7H,4-6H2,1-2H3. The molecule has 0 aliphatic heterocycles. The molecule has 2 radical (unpaired) electrons. The van der Waals surface area contributed by atoms with E-state index in [-0.39, 0.29) is 0 Å². The molecule has 0 aromatic rings. The van der Waals surface area contributed by atoms with Gasteiger partial charge in [0.15, 0.2) is 0 Å². The molecule has 0 saturated heterocycles. The minimum Gasteiger partial charge on any atom is -0.373 e. The van der Waals surface area contributed by atoms with Crippen molar-refractivity contribution in [1.82, 2.24) is 0 Å². The lowest BCUT2D eigenvalue weighted by Gasteiger charge is -2.00. The van der Waals surface area contributed by atoms with Gasteiger partial charge in [-0.2, -0.15) is 0 Å². The minimum atomic E-state index is 0.693. The molecule has 0 saturated carbocycles. The van der Waals surface area contributed by atoms with E-state index in [9.17, 15) is 0 Å².